The second-order valence-electron chi connectivity index (χ2n) is 6.92. The highest BCUT2D eigenvalue weighted by Crippen LogP contribution is 2.42. The Bertz CT molecular complexity index is 767. The van der Waals surface area contributed by atoms with Gasteiger partial charge in [0.1, 0.15) is 0 Å². The Kier molecular flexibility index (Phi) is 5.42. The molecular formula is C22H26NOP. The molecule has 0 aromatic heterocycles. The Morgan fingerprint density at radius 1 is 1.04 bits per heavy atom. The first-order valence-corrected chi connectivity index (χ1v) is 10.6. The van der Waals surface area contributed by atoms with Gasteiger partial charge in [-0.15, -0.1) is 0 Å². The van der Waals surface area contributed by atoms with Crippen molar-refractivity contribution in [1.82, 2.24) is 5.09 Å². The van der Waals surface area contributed by atoms with E-state index in [1.54, 1.807) is 0 Å². The topological polar surface area (TPSA) is 29.1 Å². The quantitative estimate of drug-likeness (QED) is 0.784. The van der Waals surface area contributed by atoms with Gasteiger partial charge in [-0.1, -0.05) is 61.5 Å². The molecule has 2 unspecified atom stereocenters. The van der Waals surface area contributed by atoms with Crippen LogP contribution in [-0.2, 0) is 4.57 Å². The van der Waals surface area contributed by atoms with Crippen molar-refractivity contribution in [2.45, 2.75) is 32.7 Å². The molecule has 3 heteroatoms. The van der Waals surface area contributed by atoms with Gasteiger partial charge in [-0.3, -0.25) is 9.65 Å². The molecule has 2 aromatic rings. The minimum Gasteiger partial charge on any atom is -0.297 e. The van der Waals surface area contributed by atoms with Crippen LogP contribution < -0.4 is 15.7 Å². The molecule has 1 N–H and O–H groups in total. The van der Waals surface area contributed by atoms with E-state index < -0.39 is 7.29 Å². The van der Waals surface area contributed by atoms with Crippen molar-refractivity contribution < 1.29 is 4.57 Å². The van der Waals surface area contributed by atoms with Crippen molar-refractivity contribution in [2.75, 3.05) is 0 Å². The minimum absolute atomic E-state index is 0.0756. The first-order chi connectivity index (χ1) is 12.0. The fourth-order valence-corrected chi connectivity index (χ4v) is 5.86. The molecule has 0 saturated heterocycles. The van der Waals surface area contributed by atoms with E-state index in [2.05, 4.69) is 24.7 Å². The van der Waals surface area contributed by atoms with E-state index >= 15 is 0 Å². The number of rotatable bonds is 5. The van der Waals surface area contributed by atoms with Crippen LogP contribution in [0.4, 0.5) is 0 Å². The lowest BCUT2D eigenvalue weighted by molar-refractivity contribution is 0.431. The summed E-state index contributed by atoms with van der Waals surface area (Å²) in [5.41, 5.74) is 2.39. The maximum absolute atomic E-state index is 14.1. The van der Waals surface area contributed by atoms with Crippen LogP contribution in [0.5, 0.6) is 0 Å². The maximum Gasteiger partial charge on any atom is 0.205 e. The number of allylic oxidation sites excluding steroid dienone is 2. The lowest BCUT2D eigenvalue weighted by Crippen LogP contribution is -2.39. The fourth-order valence-electron chi connectivity index (χ4n) is 3.33. The van der Waals surface area contributed by atoms with Crippen LogP contribution in [0.25, 0.3) is 0 Å². The molecule has 2 aromatic carbocycles. The predicted octanol–water partition coefficient (Wildman–Crippen LogP) is 4.81. The number of hydrogen-bond donors (Lipinski definition) is 1. The van der Waals surface area contributed by atoms with Crippen molar-refractivity contribution >= 4 is 17.9 Å². The summed E-state index contributed by atoms with van der Waals surface area (Å²) in [6, 6.07) is 19.6. The normalized spacial score (nSPS) is 20.8. The van der Waals surface area contributed by atoms with Crippen LogP contribution in [0.2, 0.25) is 0 Å². The second kappa shape index (κ2) is 7.56. The molecule has 0 bridgehead atoms. The Labute approximate surface area is 151 Å². The third-order valence-electron chi connectivity index (χ3n) is 4.98. The molecular weight excluding hydrogens is 325 g/mol. The summed E-state index contributed by atoms with van der Waals surface area (Å²) >= 11 is 0. The predicted molar refractivity (Wildman–Crippen MR) is 108 cm³/mol. The molecule has 130 valence electrons. The summed E-state index contributed by atoms with van der Waals surface area (Å²) in [7, 11) is -2.91. The summed E-state index contributed by atoms with van der Waals surface area (Å²) in [5.74, 6) is 0.434. The highest BCUT2D eigenvalue weighted by molar-refractivity contribution is 7.76. The average Bonchev–Trinajstić information content (AvgIpc) is 2.64. The molecule has 2 atom stereocenters. The summed E-state index contributed by atoms with van der Waals surface area (Å²) in [6.07, 6.45) is 4.37. The highest BCUT2D eigenvalue weighted by atomic mass is 31.2. The average molecular weight is 351 g/mol. The van der Waals surface area contributed by atoms with Gasteiger partial charge in [0.25, 0.3) is 0 Å². The SMILES string of the molecule is C=C(C)C1=CC(NP(=O)(c2ccccc2)c2ccccc2)C(C)CC1. The third kappa shape index (κ3) is 3.86. The largest absolute Gasteiger partial charge is 0.297 e. The molecule has 0 spiro atoms. The van der Waals surface area contributed by atoms with E-state index in [-0.39, 0.29) is 6.04 Å². The zero-order chi connectivity index (χ0) is 17.9. The van der Waals surface area contributed by atoms with E-state index in [1.807, 2.05) is 67.6 Å². The monoisotopic (exact) mass is 351 g/mol. The smallest absolute Gasteiger partial charge is 0.205 e. The molecule has 3 rings (SSSR count). The Morgan fingerprint density at radius 2 is 1.56 bits per heavy atom. The molecule has 25 heavy (non-hydrogen) atoms. The van der Waals surface area contributed by atoms with Gasteiger partial charge in [-0.2, -0.15) is 0 Å². The highest BCUT2D eigenvalue weighted by Gasteiger charge is 2.32. The summed E-state index contributed by atoms with van der Waals surface area (Å²) < 4.78 is 14.1. The van der Waals surface area contributed by atoms with Gasteiger partial charge in [0.2, 0.25) is 7.29 Å². The van der Waals surface area contributed by atoms with Crippen molar-refractivity contribution in [2.24, 2.45) is 5.92 Å². The maximum atomic E-state index is 14.1. The van der Waals surface area contributed by atoms with E-state index in [4.69, 9.17) is 0 Å². The van der Waals surface area contributed by atoms with Crippen LogP contribution in [0, 0.1) is 5.92 Å². The van der Waals surface area contributed by atoms with Crippen molar-refractivity contribution in [3.63, 3.8) is 0 Å². The van der Waals surface area contributed by atoms with Gasteiger partial charge in [-0.25, -0.2) is 0 Å². The van der Waals surface area contributed by atoms with Gasteiger partial charge in [0.05, 0.1) is 0 Å². The van der Waals surface area contributed by atoms with Crippen LogP contribution >= 0.6 is 7.29 Å². The number of benzene rings is 2. The van der Waals surface area contributed by atoms with Crippen LogP contribution in [0.15, 0.2) is 84.5 Å². The molecule has 0 heterocycles. The molecule has 1 aliphatic carbocycles. The standard InChI is InChI=1S/C22H26NOP/c1-17(2)19-15-14-18(3)22(16-19)23-25(24,20-10-6-4-7-11-20)21-12-8-5-9-13-21/h4-13,16,18,22H,1,14-15H2,2-3H3,(H,23,24). The van der Waals surface area contributed by atoms with E-state index in [9.17, 15) is 4.57 Å². The van der Waals surface area contributed by atoms with Gasteiger partial charge < -0.3 is 0 Å². The van der Waals surface area contributed by atoms with Crippen LogP contribution in [0.1, 0.15) is 26.7 Å². The number of nitrogens with one attached hydrogen (secondary N) is 1. The summed E-state index contributed by atoms with van der Waals surface area (Å²) in [4.78, 5) is 0. The molecule has 2 nitrogen and oxygen atoms in total. The molecule has 1 aliphatic rings. The second-order valence-corrected chi connectivity index (χ2v) is 9.43. The van der Waals surface area contributed by atoms with Crippen molar-refractivity contribution in [3.05, 3.63) is 84.5 Å². The van der Waals surface area contributed by atoms with Crippen molar-refractivity contribution in [1.29, 1.82) is 0 Å². The first-order valence-electron chi connectivity index (χ1n) is 8.86. The van der Waals surface area contributed by atoms with Crippen LogP contribution in [0.3, 0.4) is 0 Å². The molecule has 0 saturated carbocycles. The molecule has 0 radical (unpaired) electrons. The first kappa shape index (κ1) is 17.9. The summed E-state index contributed by atoms with van der Waals surface area (Å²) in [6.45, 7) is 8.36. The Hall–Kier alpha value is -1.89. The Balaban J connectivity index is 2.03. The minimum atomic E-state index is -2.91. The zero-order valence-electron chi connectivity index (χ0n) is 15.0. The molecule has 0 fully saturated rings. The zero-order valence-corrected chi connectivity index (χ0v) is 15.9. The fraction of sp³-hybridized carbons (Fsp3) is 0.273. The van der Waals surface area contributed by atoms with Gasteiger partial charge >= 0.3 is 0 Å². The van der Waals surface area contributed by atoms with E-state index in [0.717, 1.165) is 29.0 Å². The lowest BCUT2D eigenvalue weighted by Gasteiger charge is -2.32. The van der Waals surface area contributed by atoms with Crippen molar-refractivity contribution in [3.8, 4) is 0 Å². The van der Waals surface area contributed by atoms with Gasteiger partial charge in [0.15, 0.2) is 0 Å². The third-order valence-corrected chi connectivity index (χ3v) is 7.69. The molecule has 0 amide bonds. The van der Waals surface area contributed by atoms with Gasteiger partial charge in [0, 0.05) is 16.7 Å². The molecule has 0 aliphatic heterocycles. The van der Waals surface area contributed by atoms with E-state index in [1.165, 1.54) is 5.57 Å². The van der Waals surface area contributed by atoms with Gasteiger partial charge in [-0.05, 0) is 55.5 Å². The lowest BCUT2D eigenvalue weighted by atomic mass is 9.85. The Morgan fingerprint density at radius 3 is 2.04 bits per heavy atom. The van der Waals surface area contributed by atoms with E-state index in [0.29, 0.717) is 5.92 Å². The van der Waals surface area contributed by atoms with Crippen LogP contribution in [-0.4, -0.2) is 6.04 Å². The number of hydrogen-bond acceptors (Lipinski definition) is 1. The summed E-state index contributed by atoms with van der Waals surface area (Å²) in [5, 5.41) is 5.24.